The fraction of sp³-hybridized carbons (Fsp3) is 0.455. The van der Waals surface area contributed by atoms with Crippen LogP contribution >= 0.6 is 11.8 Å². The Morgan fingerprint density at radius 3 is 2.86 bits per heavy atom. The molecule has 1 aromatic carbocycles. The molecule has 0 fully saturated rings. The van der Waals surface area contributed by atoms with Crippen molar-refractivity contribution >= 4 is 17.4 Å². The minimum atomic E-state index is 0.615. The number of rotatable bonds is 5. The van der Waals surface area contributed by atoms with Crippen LogP contribution in [0.1, 0.15) is 5.56 Å². The van der Waals surface area contributed by atoms with Crippen molar-refractivity contribution in [3.8, 4) is 0 Å². The largest absolute Gasteiger partial charge is 0.374 e. The summed E-state index contributed by atoms with van der Waals surface area (Å²) in [6.45, 7) is 1.69. The molecule has 14 heavy (non-hydrogen) atoms. The summed E-state index contributed by atoms with van der Waals surface area (Å²) in [6.07, 6.45) is 2.13. The normalized spacial score (nSPS) is 10.2. The molecule has 0 aliphatic heterocycles. The molecule has 78 valence electrons. The van der Waals surface area contributed by atoms with E-state index in [1.807, 2.05) is 11.8 Å². The zero-order chi connectivity index (χ0) is 10.4. The third kappa shape index (κ3) is 3.24. The summed E-state index contributed by atoms with van der Waals surface area (Å²) >= 11 is 1.87. The van der Waals surface area contributed by atoms with Crippen LogP contribution in [0, 0.1) is 0 Å². The van der Waals surface area contributed by atoms with E-state index in [0.717, 1.165) is 12.3 Å². The molecule has 0 unspecified atom stereocenters. The Balaban J connectivity index is 2.64. The lowest BCUT2D eigenvalue weighted by atomic mass is 10.2. The predicted octanol–water partition coefficient (Wildman–Crippen LogP) is 1.94. The molecule has 1 aromatic rings. The standard InChI is InChI=1S/C11H18N2S/c1-13(6-7-14-2)11-5-3-4-10(8-11)9-12/h3-5,8H,6-7,9,12H2,1-2H3. The van der Waals surface area contributed by atoms with Gasteiger partial charge in [0.2, 0.25) is 0 Å². The van der Waals surface area contributed by atoms with Crippen LogP contribution in [0.15, 0.2) is 24.3 Å². The second-order valence-corrected chi connectivity index (χ2v) is 4.27. The monoisotopic (exact) mass is 210 g/mol. The molecular formula is C11H18N2S. The first-order valence-corrected chi connectivity index (χ1v) is 6.16. The average molecular weight is 210 g/mol. The van der Waals surface area contributed by atoms with Gasteiger partial charge in [-0.2, -0.15) is 11.8 Å². The number of hydrogen-bond donors (Lipinski definition) is 1. The van der Waals surface area contributed by atoms with Gasteiger partial charge in [-0.25, -0.2) is 0 Å². The maximum absolute atomic E-state index is 5.60. The van der Waals surface area contributed by atoms with Gasteiger partial charge in [0, 0.05) is 31.6 Å². The van der Waals surface area contributed by atoms with E-state index in [2.05, 4.69) is 42.5 Å². The van der Waals surface area contributed by atoms with Crippen LogP contribution in [0.3, 0.4) is 0 Å². The van der Waals surface area contributed by atoms with Gasteiger partial charge < -0.3 is 10.6 Å². The first kappa shape index (κ1) is 11.4. The number of hydrogen-bond acceptors (Lipinski definition) is 3. The van der Waals surface area contributed by atoms with E-state index in [4.69, 9.17) is 5.73 Å². The molecule has 0 amide bonds. The van der Waals surface area contributed by atoms with Crippen LogP contribution in [0.2, 0.25) is 0 Å². The van der Waals surface area contributed by atoms with E-state index in [1.165, 1.54) is 11.3 Å². The highest BCUT2D eigenvalue weighted by Crippen LogP contribution is 2.14. The van der Waals surface area contributed by atoms with Crippen molar-refractivity contribution in [2.45, 2.75) is 6.54 Å². The van der Waals surface area contributed by atoms with E-state index in [0.29, 0.717) is 6.54 Å². The minimum absolute atomic E-state index is 0.615. The summed E-state index contributed by atoms with van der Waals surface area (Å²) in [6, 6.07) is 8.40. The Morgan fingerprint density at radius 1 is 1.43 bits per heavy atom. The molecule has 0 atom stereocenters. The molecule has 3 heteroatoms. The van der Waals surface area contributed by atoms with Gasteiger partial charge in [0.1, 0.15) is 0 Å². The van der Waals surface area contributed by atoms with Crippen LogP contribution in [0.4, 0.5) is 5.69 Å². The Kier molecular flexibility index (Phi) is 4.84. The van der Waals surface area contributed by atoms with Gasteiger partial charge in [-0.3, -0.25) is 0 Å². The lowest BCUT2D eigenvalue weighted by Gasteiger charge is -2.19. The Hall–Kier alpha value is -0.670. The zero-order valence-electron chi connectivity index (χ0n) is 8.86. The quantitative estimate of drug-likeness (QED) is 0.805. The summed E-state index contributed by atoms with van der Waals surface area (Å²) in [4.78, 5) is 2.26. The SMILES string of the molecule is CSCCN(C)c1cccc(CN)c1. The van der Waals surface area contributed by atoms with Crippen molar-refractivity contribution in [2.24, 2.45) is 5.73 Å². The molecule has 0 saturated heterocycles. The predicted molar refractivity (Wildman–Crippen MR) is 66.0 cm³/mol. The molecule has 0 aromatic heterocycles. The number of nitrogens with zero attached hydrogens (tertiary/aromatic N) is 1. The number of nitrogens with two attached hydrogens (primary N) is 1. The van der Waals surface area contributed by atoms with Gasteiger partial charge in [-0.05, 0) is 24.0 Å². The molecular weight excluding hydrogens is 192 g/mol. The maximum atomic E-state index is 5.60. The zero-order valence-corrected chi connectivity index (χ0v) is 9.68. The van der Waals surface area contributed by atoms with Gasteiger partial charge in [0.25, 0.3) is 0 Å². The van der Waals surface area contributed by atoms with Crippen molar-refractivity contribution in [1.29, 1.82) is 0 Å². The first-order valence-electron chi connectivity index (χ1n) is 4.77. The fourth-order valence-electron chi connectivity index (χ4n) is 1.28. The molecule has 0 bridgehead atoms. The highest BCUT2D eigenvalue weighted by Gasteiger charge is 2.00. The van der Waals surface area contributed by atoms with Crippen molar-refractivity contribution in [3.05, 3.63) is 29.8 Å². The van der Waals surface area contributed by atoms with Gasteiger partial charge in [-0.15, -0.1) is 0 Å². The van der Waals surface area contributed by atoms with Crippen LogP contribution in [-0.2, 0) is 6.54 Å². The molecule has 2 N–H and O–H groups in total. The lowest BCUT2D eigenvalue weighted by Crippen LogP contribution is -2.20. The van der Waals surface area contributed by atoms with Crippen molar-refractivity contribution in [3.63, 3.8) is 0 Å². The van der Waals surface area contributed by atoms with E-state index in [1.54, 1.807) is 0 Å². The third-order valence-corrected chi connectivity index (χ3v) is 2.81. The first-order chi connectivity index (χ1) is 6.77. The third-order valence-electron chi connectivity index (χ3n) is 2.22. The van der Waals surface area contributed by atoms with E-state index >= 15 is 0 Å². The highest BCUT2D eigenvalue weighted by atomic mass is 32.2. The van der Waals surface area contributed by atoms with Crippen molar-refractivity contribution in [2.75, 3.05) is 30.5 Å². The maximum Gasteiger partial charge on any atom is 0.0367 e. The summed E-state index contributed by atoms with van der Waals surface area (Å²) in [5.74, 6) is 1.16. The van der Waals surface area contributed by atoms with Crippen LogP contribution < -0.4 is 10.6 Å². The van der Waals surface area contributed by atoms with E-state index < -0.39 is 0 Å². The van der Waals surface area contributed by atoms with Crippen LogP contribution in [-0.4, -0.2) is 25.6 Å². The minimum Gasteiger partial charge on any atom is -0.374 e. The topological polar surface area (TPSA) is 29.3 Å². The van der Waals surface area contributed by atoms with Crippen LogP contribution in [0.5, 0.6) is 0 Å². The van der Waals surface area contributed by atoms with Crippen molar-refractivity contribution in [1.82, 2.24) is 0 Å². The van der Waals surface area contributed by atoms with Crippen molar-refractivity contribution < 1.29 is 0 Å². The molecule has 0 aliphatic carbocycles. The summed E-state index contributed by atoms with van der Waals surface area (Å²) in [7, 11) is 2.12. The Morgan fingerprint density at radius 2 is 2.21 bits per heavy atom. The average Bonchev–Trinajstić information content (AvgIpc) is 2.26. The summed E-state index contributed by atoms with van der Waals surface area (Å²) in [5, 5.41) is 0. The van der Waals surface area contributed by atoms with Gasteiger partial charge in [0.15, 0.2) is 0 Å². The number of thioether (sulfide) groups is 1. The molecule has 0 radical (unpaired) electrons. The number of anilines is 1. The smallest absolute Gasteiger partial charge is 0.0367 e. The van der Waals surface area contributed by atoms with E-state index in [9.17, 15) is 0 Å². The molecule has 0 spiro atoms. The highest BCUT2D eigenvalue weighted by molar-refractivity contribution is 7.98. The molecule has 0 saturated carbocycles. The summed E-state index contributed by atoms with van der Waals surface area (Å²) < 4.78 is 0. The molecule has 2 nitrogen and oxygen atoms in total. The van der Waals surface area contributed by atoms with Gasteiger partial charge in [-0.1, -0.05) is 12.1 Å². The van der Waals surface area contributed by atoms with Gasteiger partial charge in [0.05, 0.1) is 0 Å². The molecule has 0 heterocycles. The lowest BCUT2D eigenvalue weighted by molar-refractivity contribution is 0.970. The molecule has 0 aliphatic rings. The fourth-order valence-corrected chi connectivity index (χ4v) is 1.73. The Bertz CT molecular complexity index is 276. The van der Waals surface area contributed by atoms with Crippen LogP contribution in [0.25, 0.3) is 0 Å². The molecule has 1 rings (SSSR count). The van der Waals surface area contributed by atoms with E-state index in [-0.39, 0.29) is 0 Å². The van der Waals surface area contributed by atoms with Gasteiger partial charge >= 0.3 is 0 Å². The number of benzene rings is 1. The second kappa shape index (κ2) is 5.94. The summed E-state index contributed by atoms with van der Waals surface area (Å²) in [5.41, 5.74) is 8.04. The second-order valence-electron chi connectivity index (χ2n) is 3.29. The Labute approximate surface area is 90.5 Å².